The van der Waals surface area contributed by atoms with Crippen LogP contribution in [0.4, 0.5) is 27.4 Å². The van der Waals surface area contributed by atoms with Crippen LogP contribution >= 0.6 is 11.6 Å². The number of aliphatic hydroxyl groups is 1. The Bertz CT molecular complexity index is 1700. The van der Waals surface area contributed by atoms with E-state index in [1.807, 2.05) is 19.1 Å². The van der Waals surface area contributed by atoms with E-state index in [1.165, 1.54) is 18.5 Å². The molecule has 2 heterocycles. The first-order valence-corrected chi connectivity index (χ1v) is 11.9. The molecule has 0 aliphatic carbocycles. The molecular weight excluding hydrogens is 511 g/mol. The highest BCUT2D eigenvalue weighted by atomic mass is 35.5. The van der Waals surface area contributed by atoms with Gasteiger partial charge in [-0.2, -0.15) is 0 Å². The number of carbonyl (C=O) groups is 1. The summed E-state index contributed by atoms with van der Waals surface area (Å²) in [6, 6.07) is 13.2. The van der Waals surface area contributed by atoms with Crippen LogP contribution < -0.4 is 21.1 Å². The van der Waals surface area contributed by atoms with Crippen LogP contribution in [0, 0.1) is 12.7 Å². The lowest BCUT2D eigenvalue weighted by Gasteiger charge is -2.16. The highest BCUT2D eigenvalue weighted by Crippen LogP contribution is 2.34. The van der Waals surface area contributed by atoms with E-state index in [2.05, 4.69) is 25.6 Å². The van der Waals surface area contributed by atoms with Crippen molar-refractivity contribution < 1.29 is 19.0 Å². The van der Waals surface area contributed by atoms with Crippen LogP contribution in [0.3, 0.4) is 0 Å². The third-order valence-electron chi connectivity index (χ3n) is 5.94. The number of benzene rings is 3. The Kier molecular flexibility index (Phi) is 6.91. The maximum absolute atomic E-state index is 14.5. The fourth-order valence-electron chi connectivity index (χ4n) is 4.12. The maximum Gasteiger partial charge on any atom is 0.258 e. The van der Waals surface area contributed by atoms with Crippen molar-refractivity contribution in [1.82, 2.24) is 15.0 Å². The van der Waals surface area contributed by atoms with E-state index < -0.39 is 11.7 Å². The summed E-state index contributed by atoms with van der Waals surface area (Å²) in [4.78, 5) is 26.2. The van der Waals surface area contributed by atoms with Crippen LogP contribution in [0.2, 0.25) is 5.02 Å². The number of nitrogens with zero attached hydrogens (tertiary/aromatic N) is 3. The van der Waals surface area contributed by atoms with Crippen molar-refractivity contribution in [3.05, 3.63) is 83.0 Å². The fraction of sp³-hybridized carbons (Fsp3) is 0.111. The molecule has 2 aromatic heterocycles. The standard InChI is InChI=1S/C27H22ClFN6O3/c1-14-5-6-17-16(7-8-31-26(17)34-21-4-2-3-20(28)22(21)29)23(14)35-27(37)19-12-15(38-10-9-36)11-18-24(19)32-13-33-25(18)30/h2-8,11-13,36H,9-10H2,1H3,(H,31,34)(H,35,37)(H2,30,32,33). The van der Waals surface area contributed by atoms with Crippen molar-refractivity contribution >= 4 is 62.2 Å². The Hall–Kier alpha value is -4.54. The van der Waals surface area contributed by atoms with Gasteiger partial charge in [-0.05, 0) is 42.8 Å². The van der Waals surface area contributed by atoms with Gasteiger partial charge < -0.3 is 26.2 Å². The van der Waals surface area contributed by atoms with Gasteiger partial charge in [-0.25, -0.2) is 19.3 Å². The van der Waals surface area contributed by atoms with Gasteiger partial charge in [0.15, 0.2) is 5.82 Å². The van der Waals surface area contributed by atoms with Gasteiger partial charge in [0, 0.05) is 22.4 Å². The first-order chi connectivity index (χ1) is 18.4. The number of halogens is 2. The summed E-state index contributed by atoms with van der Waals surface area (Å²) in [7, 11) is 0. The minimum absolute atomic E-state index is 0.0131. The Labute approximate surface area is 221 Å². The first kappa shape index (κ1) is 25.1. The number of ether oxygens (including phenoxy) is 1. The Morgan fingerprint density at radius 1 is 1.11 bits per heavy atom. The predicted molar refractivity (Wildman–Crippen MR) is 146 cm³/mol. The van der Waals surface area contributed by atoms with Gasteiger partial charge in [0.05, 0.1) is 34.1 Å². The highest BCUT2D eigenvalue weighted by Gasteiger charge is 2.19. The topological polar surface area (TPSA) is 135 Å². The first-order valence-electron chi connectivity index (χ1n) is 11.6. The number of aliphatic hydroxyl groups excluding tert-OH is 1. The number of nitrogens with one attached hydrogen (secondary N) is 2. The molecule has 0 radical (unpaired) electrons. The highest BCUT2D eigenvalue weighted by molar-refractivity contribution is 6.31. The summed E-state index contributed by atoms with van der Waals surface area (Å²) in [5, 5.41) is 16.9. The summed E-state index contributed by atoms with van der Waals surface area (Å²) < 4.78 is 20.1. The number of nitrogens with two attached hydrogens (primary N) is 1. The Morgan fingerprint density at radius 3 is 2.76 bits per heavy atom. The maximum atomic E-state index is 14.5. The SMILES string of the molecule is Cc1ccc2c(Nc3cccc(Cl)c3F)nccc2c1NC(=O)c1cc(OCCO)cc2c(N)ncnc12. The van der Waals surface area contributed by atoms with Crippen molar-refractivity contribution in [2.75, 3.05) is 29.6 Å². The number of aryl methyl sites for hydroxylation is 1. The zero-order valence-corrected chi connectivity index (χ0v) is 20.9. The van der Waals surface area contributed by atoms with Gasteiger partial charge in [-0.3, -0.25) is 4.79 Å². The molecular formula is C27H22ClFN6O3. The molecule has 3 aromatic carbocycles. The molecule has 0 bridgehead atoms. The molecule has 0 saturated heterocycles. The third kappa shape index (κ3) is 4.74. The lowest BCUT2D eigenvalue weighted by atomic mass is 10.0. The van der Waals surface area contributed by atoms with Crippen LogP contribution in [0.25, 0.3) is 21.7 Å². The molecule has 11 heteroatoms. The lowest BCUT2D eigenvalue weighted by Crippen LogP contribution is -2.15. The molecule has 0 spiro atoms. The number of anilines is 4. The van der Waals surface area contributed by atoms with Crippen LogP contribution in [-0.4, -0.2) is 39.2 Å². The second-order valence-electron chi connectivity index (χ2n) is 8.39. The van der Waals surface area contributed by atoms with E-state index >= 15 is 0 Å². The summed E-state index contributed by atoms with van der Waals surface area (Å²) in [5.41, 5.74) is 8.12. The minimum Gasteiger partial charge on any atom is -0.491 e. The molecule has 5 rings (SSSR count). The number of nitrogen functional groups attached to an aromatic ring is 1. The number of amides is 1. The molecule has 0 unspecified atom stereocenters. The van der Waals surface area contributed by atoms with Crippen molar-refractivity contribution in [2.45, 2.75) is 6.92 Å². The van der Waals surface area contributed by atoms with Gasteiger partial charge >= 0.3 is 0 Å². The molecule has 0 atom stereocenters. The molecule has 0 aliphatic rings. The monoisotopic (exact) mass is 532 g/mol. The van der Waals surface area contributed by atoms with E-state index in [0.29, 0.717) is 38.9 Å². The molecule has 0 saturated carbocycles. The van der Waals surface area contributed by atoms with E-state index in [0.717, 1.165) is 5.56 Å². The zero-order chi connectivity index (χ0) is 26.8. The van der Waals surface area contributed by atoms with Crippen LogP contribution in [0.5, 0.6) is 5.75 Å². The van der Waals surface area contributed by atoms with Gasteiger partial charge in [-0.15, -0.1) is 0 Å². The number of rotatable bonds is 7. The van der Waals surface area contributed by atoms with Crippen molar-refractivity contribution in [1.29, 1.82) is 0 Å². The van der Waals surface area contributed by atoms with Gasteiger partial charge in [0.25, 0.3) is 5.91 Å². The quantitative estimate of drug-likeness (QED) is 0.224. The van der Waals surface area contributed by atoms with Crippen molar-refractivity contribution in [2.24, 2.45) is 0 Å². The summed E-state index contributed by atoms with van der Waals surface area (Å²) in [5.74, 6) is -0.123. The average molecular weight is 533 g/mol. The second kappa shape index (κ2) is 10.4. The molecule has 9 nitrogen and oxygen atoms in total. The van der Waals surface area contributed by atoms with E-state index in [-0.39, 0.29) is 35.3 Å². The largest absolute Gasteiger partial charge is 0.491 e. The molecule has 1 amide bonds. The minimum atomic E-state index is -0.593. The predicted octanol–water partition coefficient (Wildman–Crippen LogP) is 5.23. The van der Waals surface area contributed by atoms with Crippen molar-refractivity contribution in [3.8, 4) is 5.75 Å². The summed E-state index contributed by atoms with van der Waals surface area (Å²) in [6.07, 6.45) is 2.85. The smallest absolute Gasteiger partial charge is 0.258 e. The van der Waals surface area contributed by atoms with Crippen molar-refractivity contribution in [3.63, 3.8) is 0 Å². The molecule has 38 heavy (non-hydrogen) atoms. The van der Waals surface area contributed by atoms with Crippen LogP contribution in [0.1, 0.15) is 15.9 Å². The molecule has 5 N–H and O–H groups in total. The average Bonchev–Trinajstić information content (AvgIpc) is 2.91. The number of hydrogen-bond acceptors (Lipinski definition) is 8. The van der Waals surface area contributed by atoms with E-state index in [9.17, 15) is 9.18 Å². The van der Waals surface area contributed by atoms with E-state index in [1.54, 1.807) is 30.5 Å². The molecule has 192 valence electrons. The molecule has 0 aliphatic heterocycles. The van der Waals surface area contributed by atoms with Gasteiger partial charge in [-0.1, -0.05) is 29.8 Å². The zero-order valence-electron chi connectivity index (χ0n) is 20.1. The lowest BCUT2D eigenvalue weighted by molar-refractivity contribution is 0.102. The Balaban J connectivity index is 1.57. The molecule has 5 aromatic rings. The fourth-order valence-corrected chi connectivity index (χ4v) is 4.29. The third-order valence-corrected chi connectivity index (χ3v) is 6.24. The number of hydrogen-bond donors (Lipinski definition) is 4. The second-order valence-corrected chi connectivity index (χ2v) is 8.80. The van der Waals surface area contributed by atoms with Gasteiger partial charge in [0.1, 0.15) is 30.3 Å². The van der Waals surface area contributed by atoms with Crippen LogP contribution in [-0.2, 0) is 0 Å². The molecule has 0 fully saturated rings. The number of aromatic nitrogens is 3. The Morgan fingerprint density at radius 2 is 1.95 bits per heavy atom. The van der Waals surface area contributed by atoms with Crippen LogP contribution in [0.15, 0.2) is 61.1 Å². The normalized spacial score (nSPS) is 11.1. The summed E-state index contributed by atoms with van der Waals surface area (Å²) >= 11 is 5.93. The number of fused-ring (bicyclic) bond motifs is 2. The van der Waals surface area contributed by atoms with E-state index in [4.69, 9.17) is 27.2 Å². The number of pyridine rings is 1. The summed E-state index contributed by atoms with van der Waals surface area (Å²) in [6.45, 7) is 1.70. The number of carbonyl (C=O) groups excluding carboxylic acids is 1. The van der Waals surface area contributed by atoms with Gasteiger partial charge in [0.2, 0.25) is 0 Å².